The standard InChI is InChI=1S/C17H9Br3ClNO2S2/c1-24-15-8(4-9(18)6-12(15)20)5-14-16(23)22(17(25)26-14)10-2-3-11(19)13(21)7-10/h2-7H,1H3/b14-5+. The van der Waals surface area contributed by atoms with Crippen LogP contribution in [0, 0.1) is 0 Å². The quantitative estimate of drug-likeness (QED) is 0.280. The normalized spacial score (nSPS) is 15.9. The SMILES string of the molecule is COc1c(Br)cc(Br)cc1/C=C1/SC(=S)N(c2ccc(Br)c(Cl)c2)C1=O. The van der Waals surface area contributed by atoms with E-state index in [2.05, 4.69) is 47.8 Å². The van der Waals surface area contributed by atoms with Gasteiger partial charge in [-0.25, -0.2) is 0 Å². The molecule has 1 aliphatic rings. The predicted octanol–water partition coefficient (Wildman–Crippen LogP) is 7.04. The lowest BCUT2D eigenvalue weighted by atomic mass is 10.2. The molecule has 26 heavy (non-hydrogen) atoms. The molecule has 0 bridgehead atoms. The van der Waals surface area contributed by atoms with Crippen molar-refractivity contribution in [2.24, 2.45) is 0 Å². The maximum atomic E-state index is 12.9. The molecule has 1 aliphatic heterocycles. The van der Waals surface area contributed by atoms with Gasteiger partial charge in [-0.2, -0.15) is 0 Å². The van der Waals surface area contributed by atoms with E-state index in [4.69, 9.17) is 28.6 Å². The van der Waals surface area contributed by atoms with Crippen molar-refractivity contribution >= 4 is 105 Å². The molecule has 0 N–H and O–H groups in total. The second-order valence-corrected chi connectivity index (χ2v) is 9.83. The minimum Gasteiger partial charge on any atom is -0.495 e. The van der Waals surface area contributed by atoms with Gasteiger partial charge in [0, 0.05) is 14.5 Å². The van der Waals surface area contributed by atoms with Gasteiger partial charge in [0.05, 0.1) is 27.2 Å². The highest BCUT2D eigenvalue weighted by Crippen LogP contribution is 2.40. The van der Waals surface area contributed by atoms with Crippen molar-refractivity contribution in [1.82, 2.24) is 0 Å². The fraction of sp³-hybridized carbons (Fsp3) is 0.0588. The smallest absolute Gasteiger partial charge is 0.270 e. The second-order valence-electron chi connectivity index (χ2n) is 5.13. The van der Waals surface area contributed by atoms with Crippen LogP contribution in [0.5, 0.6) is 5.75 Å². The minimum atomic E-state index is -0.198. The molecule has 3 rings (SSSR count). The zero-order valence-corrected chi connectivity index (χ0v) is 20.2. The molecule has 0 aliphatic carbocycles. The van der Waals surface area contributed by atoms with Gasteiger partial charge >= 0.3 is 0 Å². The third-order valence-corrected chi connectivity index (χ3v) is 7.06. The van der Waals surface area contributed by atoms with E-state index in [1.54, 1.807) is 31.4 Å². The summed E-state index contributed by atoms with van der Waals surface area (Å²) in [6, 6.07) is 9.04. The number of thiocarbonyl (C=S) groups is 1. The molecule has 1 heterocycles. The summed E-state index contributed by atoms with van der Waals surface area (Å²) < 4.78 is 8.31. The lowest BCUT2D eigenvalue weighted by Crippen LogP contribution is -2.27. The molecule has 0 unspecified atom stereocenters. The molecule has 9 heteroatoms. The minimum absolute atomic E-state index is 0.198. The van der Waals surface area contributed by atoms with Crippen LogP contribution in [0.1, 0.15) is 5.56 Å². The predicted molar refractivity (Wildman–Crippen MR) is 123 cm³/mol. The number of carbonyl (C=O) groups excluding carboxylic acids is 1. The van der Waals surface area contributed by atoms with E-state index in [0.717, 1.165) is 19.0 Å². The monoisotopic (exact) mass is 595 g/mol. The number of hydrogen-bond donors (Lipinski definition) is 0. The molecule has 0 saturated carbocycles. The van der Waals surface area contributed by atoms with Crippen LogP contribution < -0.4 is 9.64 Å². The van der Waals surface area contributed by atoms with Gasteiger partial charge in [-0.3, -0.25) is 9.69 Å². The molecule has 2 aromatic carbocycles. The summed E-state index contributed by atoms with van der Waals surface area (Å²) in [7, 11) is 1.58. The number of benzene rings is 2. The van der Waals surface area contributed by atoms with Crippen molar-refractivity contribution in [3.8, 4) is 5.75 Å². The number of amides is 1. The fourth-order valence-corrected chi connectivity index (χ4v) is 5.49. The van der Waals surface area contributed by atoms with E-state index >= 15 is 0 Å². The topological polar surface area (TPSA) is 29.5 Å². The first-order chi connectivity index (χ1) is 12.3. The maximum absolute atomic E-state index is 12.9. The number of hydrogen-bond acceptors (Lipinski definition) is 4. The Labute approximate surface area is 190 Å². The van der Waals surface area contributed by atoms with Crippen molar-refractivity contribution in [3.05, 3.63) is 59.2 Å². The summed E-state index contributed by atoms with van der Waals surface area (Å²) in [5.74, 6) is 0.446. The lowest BCUT2D eigenvalue weighted by Gasteiger charge is -2.15. The molecule has 0 radical (unpaired) electrons. The molecule has 1 amide bonds. The Balaban J connectivity index is 2.01. The zero-order valence-electron chi connectivity index (χ0n) is 13.1. The molecule has 3 nitrogen and oxygen atoms in total. The number of carbonyl (C=O) groups is 1. The molecule has 2 aromatic rings. The van der Waals surface area contributed by atoms with Gasteiger partial charge in [0.25, 0.3) is 5.91 Å². The number of thioether (sulfide) groups is 1. The van der Waals surface area contributed by atoms with Gasteiger partial charge < -0.3 is 4.74 Å². The van der Waals surface area contributed by atoms with Crippen molar-refractivity contribution < 1.29 is 9.53 Å². The first-order valence-electron chi connectivity index (χ1n) is 7.08. The number of halogens is 4. The molecule has 1 saturated heterocycles. The van der Waals surface area contributed by atoms with Crippen LogP contribution in [0.4, 0.5) is 5.69 Å². The van der Waals surface area contributed by atoms with E-state index in [1.165, 1.54) is 16.7 Å². The summed E-state index contributed by atoms with van der Waals surface area (Å²) in [5, 5.41) is 0.512. The van der Waals surface area contributed by atoms with Gasteiger partial charge in [0.15, 0.2) is 4.32 Å². The highest BCUT2D eigenvalue weighted by Gasteiger charge is 2.33. The van der Waals surface area contributed by atoms with Gasteiger partial charge in [0.1, 0.15) is 5.75 Å². The van der Waals surface area contributed by atoms with Gasteiger partial charge in [-0.15, -0.1) is 0 Å². The highest BCUT2D eigenvalue weighted by atomic mass is 79.9. The van der Waals surface area contributed by atoms with E-state index in [9.17, 15) is 4.79 Å². The van der Waals surface area contributed by atoms with Crippen LogP contribution in [0.15, 0.2) is 48.7 Å². The van der Waals surface area contributed by atoms with Crippen LogP contribution in [0.3, 0.4) is 0 Å². The van der Waals surface area contributed by atoms with Gasteiger partial charge in [-0.1, -0.05) is 51.5 Å². The largest absolute Gasteiger partial charge is 0.495 e. The number of nitrogens with zero attached hydrogens (tertiary/aromatic N) is 1. The molecule has 1 fully saturated rings. The Morgan fingerprint density at radius 2 is 1.92 bits per heavy atom. The summed E-state index contributed by atoms with van der Waals surface area (Å²) in [6.45, 7) is 0. The number of anilines is 1. The molecule has 0 spiro atoms. The average Bonchev–Trinajstić information content (AvgIpc) is 2.84. The Morgan fingerprint density at radius 3 is 2.58 bits per heavy atom. The molecular formula is C17H9Br3ClNO2S2. The molecule has 0 aromatic heterocycles. The molecular weight excluding hydrogens is 589 g/mol. The Bertz CT molecular complexity index is 965. The number of ether oxygens (including phenoxy) is 1. The van der Waals surface area contributed by atoms with E-state index in [1.807, 2.05) is 12.1 Å². The Kier molecular flexibility index (Phi) is 6.52. The van der Waals surface area contributed by atoms with Gasteiger partial charge in [-0.05, 0) is 68.3 Å². The van der Waals surface area contributed by atoms with Crippen LogP contribution in [0.25, 0.3) is 6.08 Å². The van der Waals surface area contributed by atoms with E-state index in [0.29, 0.717) is 25.7 Å². The van der Waals surface area contributed by atoms with E-state index < -0.39 is 0 Å². The van der Waals surface area contributed by atoms with Crippen LogP contribution in [-0.4, -0.2) is 17.3 Å². The van der Waals surface area contributed by atoms with Crippen molar-refractivity contribution in [1.29, 1.82) is 0 Å². The van der Waals surface area contributed by atoms with Crippen molar-refractivity contribution in [3.63, 3.8) is 0 Å². The number of methoxy groups -OCH3 is 1. The third kappa shape index (κ3) is 4.05. The third-order valence-electron chi connectivity index (χ3n) is 3.48. The number of rotatable bonds is 3. The fourth-order valence-electron chi connectivity index (χ4n) is 2.36. The zero-order chi connectivity index (χ0) is 19.0. The first kappa shape index (κ1) is 20.4. The lowest BCUT2D eigenvalue weighted by molar-refractivity contribution is -0.113. The van der Waals surface area contributed by atoms with Crippen LogP contribution >= 0.6 is 83.4 Å². The molecule has 134 valence electrons. The Hall–Kier alpha value is -0.380. The van der Waals surface area contributed by atoms with Crippen molar-refractivity contribution in [2.75, 3.05) is 12.0 Å². The average molecular weight is 599 g/mol. The van der Waals surface area contributed by atoms with Crippen LogP contribution in [0.2, 0.25) is 5.02 Å². The maximum Gasteiger partial charge on any atom is 0.270 e. The summed E-state index contributed by atoms with van der Waals surface area (Å²) in [4.78, 5) is 14.9. The summed E-state index contributed by atoms with van der Waals surface area (Å²) in [5.41, 5.74) is 1.40. The van der Waals surface area contributed by atoms with Crippen LogP contribution in [-0.2, 0) is 4.79 Å². The summed E-state index contributed by atoms with van der Waals surface area (Å²) >= 11 is 23.1. The first-order valence-corrected chi connectivity index (χ1v) is 11.1. The summed E-state index contributed by atoms with van der Waals surface area (Å²) in [6.07, 6.45) is 1.77. The molecule has 0 atom stereocenters. The second kappa shape index (κ2) is 8.32. The van der Waals surface area contributed by atoms with E-state index in [-0.39, 0.29) is 5.91 Å². The Morgan fingerprint density at radius 1 is 1.19 bits per heavy atom. The highest BCUT2D eigenvalue weighted by molar-refractivity contribution is 9.11. The van der Waals surface area contributed by atoms with Gasteiger partial charge in [0.2, 0.25) is 0 Å². The van der Waals surface area contributed by atoms with Crippen molar-refractivity contribution in [2.45, 2.75) is 0 Å².